The standard InChI is InChI=1S/C18H22FNO7/c1-10(14(16(22)25-2)17(23)26-3)15(18(24)27-4)20-13(21)9-11-6-5-7-12(19)8-11/h5-8,10,14-15H,9H2,1-4H3,(H,20,21)/t10-,15+/m0/s1. The molecule has 27 heavy (non-hydrogen) atoms. The highest BCUT2D eigenvalue weighted by molar-refractivity contribution is 5.96. The van der Waals surface area contributed by atoms with Gasteiger partial charge in [0.1, 0.15) is 11.9 Å². The average molecular weight is 383 g/mol. The van der Waals surface area contributed by atoms with E-state index in [1.165, 1.54) is 25.1 Å². The van der Waals surface area contributed by atoms with Gasteiger partial charge in [-0.3, -0.25) is 14.4 Å². The molecule has 148 valence electrons. The molecule has 1 aromatic rings. The highest BCUT2D eigenvalue weighted by Gasteiger charge is 2.42. The van der Waals surface area contributed by atoms with E-state index in [4.69, 9.17) is 0 Å². The molecule has 0 radical (unpaired) electrons. The van der Waals surface area contributed by atoms with Crippen LogP contribution in [0.1, 0.15) is 12.5 Å². The minimum atomic E-state index is -1.45. The Balaban J connectivity index is 3.02. The Hall–Kier alpha value is -2.97. The van der Waals surface area contributed by atoms with Crippen molar-refractivity contribution in [2.24, 2.45) is 11.8 Å². The van der Waals surface area contributed by atoms with Crippen molar-refractivity contribution in [3.8, 4) is 0 Å². The molecule has 0 heterocycles. The van der Waals surface area contributed by atoms with E-state index in [-0.39, 0.29) is 6.42 Å². The highest BCUT2D eigenvalue weighted by Crippen LogP contribution is 2.20. The number of halogens is 1. The summed E-state index contributed by atoms with van der Waals surface area (Å²) in [5, 5.41) is 2.42. The fourth-order valence-electron chi connectivity index (χ4n) is 2.56. The van der Waals surface area contributed by atoms with E-state index in [9.17, 15) is 23.6 Å². The molecule has 0 aliphatic carbocycles. The van der Waals surface area contributed by atoms with Crippen molar-refractivity contribution < 1.29 is 37.8 Å². The van der Waals surface area contributed by atoms with Crippen molar-refractivity contribution in [1.82, 2.24) is 5.32 Å². The number of ether oxygens (including phenoxy) is 3. The maximum Gasteiger partial charge on any atom is 0.328 e. The lowest BCUT2D eigenvalue weighted by Gasteiger charge is -2.27. The van der Waals surface area contributed by atoms with Crippen LogP contribution >= 0.6 is 0 Å². The van der Waals surface area contributed by atoms with E-state index in [1.54, 1.807) is 6.07 Å². The van der Waals surface area contributed by atoms with E-state index in [0.29, 0.717) is 5.56 Å². The molecule has 1 aromatic carbocycles. The number of esters is 3. The normalized spacial score (nSPS) is 12.7. The van der Waals surface area contributed by atoms with E-state index >= 15 is 0 Å². The molecule has 0 saturated carbocycles. The number of carbonyl (C=O) groups excluding carboxylic acids is 4. The van der Waals surface area contributed by atoms with Crippen molar-refractivity contribution in [2.75, 3.05) is 21.3 Å². The SMILES string of the molecule is COC(=O)C(C(=O)OC)[C@H](C)[C@@H](NC(=O)Cc1cccc(F)c1)C(=O)OC. The first-order valence-electron chi connectivity index (χ1n) is 8.02. The lowest BCUT2D eigenvalue weighted by Crippen LogP contribution is -2.51. The quantitative estimate of drug-likeness (QED) is 0.398. The van der Waals surface area contributed by atoms with Crippen LogP contribution in [0.4, 0.5) is 4.39 Å². The Morgan fingerprint density at radius 3 is 2.04 bits per heavy atom. The van der Waals surface area contributed by atoms with Gasteiger partial charge in [-0.25, -0.2) is 9.18 Å². The largest absolute Gasteiger partial charge is 0.468 e. The second-order valence-corrected chi connectivity index (χ2v) is 5.76. The number of hydrogen-bond donors (Lipinski definition) is 1. The summed E-state index contributed by atoms with van der Waals surface area (Å²) in [4.78, 5) is 48.3. The maximum absolute atomic E-state index is 13.2. The van der Waals surface area contributed by atoms with Gasteiger partial charge in [0.15, 0.2) is 5.92 Å². The molecule has 9 heteroatoms. The summed E-state index contributed by atoms with van der Waals surface area (Å²) in [6, 6.07) is 4.09. The summed E-state index contributed by atoms with van der Waals surface area (Å²) < 4.78 is 27.1. The minimum absolute atomic E-state index is 0.209. The van der Waals surface area contributed by atoms with Crippen LogP contribution in [-0.4, -0.2) is 51.2 Å². The summed E-state index contributed by atoms with van der Waals surface area (Å²) in [6.45, 7) is 1.41. The second-order valence-electron chi connectivity index (χ2n) is 5.76. The van der Waals surface area contributed by atoms with Crippen molar-refractivity contribution in [3.63, 3.8) is 0 Å². The van der Waals surface area contributed by atoms with E-state index < -0.39 is 47.5 Å². The van der Waals surface area contributed by atoms with Gasteiger partial charge in [0.25, 0.3) is 0 Å². The zero-order valence-corrected chi connectivity index (χ0v) is 15.5. The molecule has 2 atom stereocenters. The molecule has 0 fully saturated rings. The molecule has 1 rings (SSSR count). The first kappa shape index (κ1) is 22.1. The van der Waals surface area contributed by atoms with Crippen molar-refractivity contribution in [3.05, 3.63) is 35.6 Å². The first-order valence-corrected chi connectivity index (χ1v) is 8.02. The topological polar surface area (TPSA) is 108 Å². The lowest BCUT2D eigenvalue weighted by molar-refractivity contribution is -0.163. The Morgan fingerprint density at radius 2 is 1.56 bits per heavy atom. The third-order valence-electron chi connectivity index (χ3n) is 3.99. The van der Waals surface area contributed by atoms with Crippen molar-refractivity contribution >= 4 is 23.8 Å². The third-order valence-corrected chi connectivity index (χ3v) is 3.99. The monoisotopic (exact) mass is 383 g/mol. The number of hydrogen-bond acceptors (Lipinski definition) is 7. The summed E-state index contributed by atoms with van der Waals surface area (Å²) in [6.07, 6.45) is -0.209. The van der Waals surface area contributed by atoms with Crippen LogP contribution in [-0.2, 0) is 39.8 Å². The number of rotatable bonds is 8. The molecular formula is C18H22FNO7. The summed E-state index contributed by atoms with van der Waals surface area (Å²) in [5.74, 6) is -6.27. The van der Waals surface area contributed by atoms with E-state index in [1.807, 2.05) is 0 Å². The smallest absolute Gasteiger partial charge is 0.328 e. The van der Waals surface area contributed by atoms with Crippen LogP contribution in [0, 0.1) is 17.7 Å². The van der Waals surface area contributed by atoms with Crippen LogP contribution in [0.2, 0.25) is 0 Å². The number of nitrogens with one attached hydrogen (secondary N) is 1. The fourth-order valence-corrected chi connectivity index (χ4v) is 2.56. The van der Waals surface area contributed by atoms with E-state index in [2.05, 4.69) is 19.5 Å². The Kier molecular flexibility index (Phi) is 8.37. The van der Waals surface area contributed by atoms with Gasteiger partial charge in [0.05, 0.1) is 27.8 Å². The van der Waals surface area contributed by atoms with Crippen LogP contribution < -0.4 is 5.32 Å². The van der Waals surface area contributed by atoms with Gasteiger partial charge in [0.2, 0.25) is 5.91 Å². The zero-order valence-electron chi connectivity index (χ0n) is 15.5. The zero-order chi connectivity index (χ0) is 20.6. The van der Waals surface area contributed by atoms with Crippen LogP contribution in [0.3, 0.4) is 0 Å². The van der Waals surface area contributed by atoms with Crippen LogP contribution in [0.5, 0.6) is 0 Å². The molecule has 0 saturated heterocycles. The average Bonchev–Trinajstić information content (AvgIpc) is 2.65. The Morgan fingerprint density at radius 1 is 1.00 bits per heavy atom. The van der Waals surface area contributed by atoms with Crippen molar-refractivity contribution in [1.29, 1.82) is 0 Å². The number of carbonyl (C=O) groups is 4. The number of benzene rings is 1. The lowest BCUT2D eigenvalue weighted by atomic mass is 9.87. The van der Waals surface area contributed by atoms with Gasteiger partial charge >= 0.3 is 17.9 Å². The summed E-state index contributed by atoms with van der Waals surface area (Å²) in [7, 11) is 3.27. The molecule has 8 nitrogen and oxygen atoms in total. The van der Waals surface area contributed by atoms with E-state index in [0.717, 1.165) is 21.3 Å². The van der Waals surface area contributed by atoms with Gasteiger partial charge < -0.3 is 19.5 Å². The summed E-state index contributed by atoms with van der Waals surface area (Å²) >= 11 is 0. The molecule has 0 aromatic heterocycles. The molecule has 0 spiro atoms. The molecule has 1 N–H and O–H groups in total. The Bertz CT molecular complexity index is 691. The maximum atomic E-state index is 13.2. The minimum Gasteiger partial charge on any atom is -0.468 e. The van der Waals surface area contributed by atoms with Crippen LogP contribution in [0.25, 0.3) is 0 Å². The summed E-state index contributed by atoms with van der Waals surface area (Å²) in [5.41, 5.74) is 0.390. The number of methoxy groups -OCH3 is 3. The van der Waals surface area contributed by atoms with Gasteiger partial charge in [0, 0.05) is 5.92 Å². The predicted octanol–water partition coefficient (Wildman–Crippen LogP) is 0.624. The number of amides is 1. The van der Waals surface area contributed by atoms with Crippen LogP contribution in [0.15, 0.2) is 24.3 Å². The van der Waals surface area contributed by atoms with Crippen molar-refractivity contribution in [2.45, 2.75) is 19.4 Å². The second kappa shape index (κ2) is 10.2. The molecule has 0 aliphatic rings. The molecule has 1 amide bonds. The Labute approximate surface area is 156 Å². The van der Waals surface area contributed by atoms with Gasteiger partial charge in [-0.2, -0.15) is 0 Å². The fraction of sp³-hybridized carbons (Fsp3) is 0.444. The predicted molar refractivity (Wildman–Crippen MR) is 90.7 cm³/mol. The molecule has 0 aliphatic heterocycles. The first-order chi connectivity index (χ1) is 12.7. The van der Waals surface area contributed by atoms with Gasteiger partial charge in [-0.15, -0.1) is 0 Å². The molecule has 0 unspecified atom stereocenters. The molecule has 0 bridgehead atoms. The molecular weight excluding hydrogens is 361 g/mol. The highest BCUT2D eigenvalue weighted by atomic mass is 19.1. The van der Waals surface area contributed by atoms with Gasteiger partial charge in [-0.05, 0) is 17.7 Å². The van der Waals surface area contributed by atoms with Gasteiger partial charge in [-0.1, -0.05) is 19.1 Å². The third kappa shape index (κ3) is 6.05.